The molecule has 0 unspecified atom stereocenters. The molecule has 0 aliphatic carbocycles. The largest absolute Gasteiger partial charge is 0.457 e. The van der Waals surface area contributed by atoms with Gasteiger partial charge < -0.3 is 4.74 Å². The first-order valence-corrected chi connectivity index (χ1v) is 10.1. The van der Waals surface area contributed by atoms with Crippen molar-refractivity contribution in [1.29, 1.82) is 5.26 Å². The molecule has 27 heavy (non-hydrogen) atoms. The molecule has 0 amide bonds. The van der Waals surface area contributed by atoms with E-state index in [0.29, 0.717) is 24.2 Å². The minimum Gasteiger partial charge on any atom is -0.457 e. The molecule has 8 heteroatoms. The van der Waals surface area contributed by atoms with Crippen molar-refractivity contribution in [1.82, 2.24) is 4.31 Å². The zero-order valence-corrected chi connectivity index (χ0v) is 16.5. The molecular formula is C19H19ClN2O4S. The number of ether oxygens (including phenoxy) is 1. The molecule has 0 aromatic heterocycles. The number of nitriles is 1. The van der Waals surface area contributed by atoms with E-state index in [1.54, 1.807) is 38.1 Å². The van der Waals surface area contributed by atoms with E-state index >= 15 is 0 Å². The van der Waals surface area contributed by atoms with Gasteiger partial charge in [-0.15, -0.1) is 0 Å². The lowest BCUT2D eigenvalue weighted by atomic mass is 10.1. The van der Waals surface area contributed by atoms with Crippen molar-refractivity contribution in [3.05, 3.63) is 64.2 Å². The van der Waals surface area contributed by atoms with Gasteiger partial charge in [-0.25, -0.2) is 13.2 Å². The number of rotatable bonds is 7. The quantitative estimate of drug-likeness (QED) is 0.655. The Morgan fingerprint density at radius 3 is 2.52 bits per heavy atom. The molecule has 0 spiro atoms. The van der Waals surface area contributed by atoms with Crippen LogP contribution in [0.1, 0.15) is 35.3 Å². The van der Waals surface area contributed by atoms with Crippen LogP contribution in [0.4, 0.5) is 0 Å². The number of halogens is 1. The Labute approximate surface area is 164 Å². The predicted octanol–water partition coefficient (Wildman–Crippen LogP) is 3.60. The Morgan fingerprint density at radius 2 is 1.89 bits per heavy atom. The van der Waals surface area contributed by atoms with E-state index < -0.39 is 16.0 Å². The molecule has 0 N–H and O–H groups in total. The normalized spacial score (nSPS) is 11.2. The SMILES string of the molecule is CCN(CC)S(=O)(=O)c1cc(C(=O)OCc2cccc(C#N)c2)ccc1Cl. The van der Waals surface area contributed by atoms with Crippen molar-refractivity contribution in [2.24, 2.45) is 0 Å². The summed E-state index contributed by atoms with van der Waals surface area (Å²) in [5.41, 5.74) is 1.21. The third kappa shape index (κ3) is 4.86. The van der Waals surface area contributed by atoms with Crippen LogP contribution in [-0.2, 0) is 21.4 Å². The second-order valence-electron chi connectivity index (χ2n) is 5.62. The molecule has 0 atom stereocenters. The molecule has 0 saturated carbocycles. The fraction of sp³-hybridized carbons (Fsp3) is 0.263. The van der Waals surface area contributed by atoms with Gasteiger partial charge in [-0.3, -0.25) is 0 Å². The van der Waals surface area contributed by atoms with Crippen molar-refractivity contribution >= 4 is 27.6 Å². The molecule has 2 rings (SSSR count). The monoisotopic (exact) mass is 406 g/mol. The smallest absolute Gasteiger partial charge is 0.338 e. The highest BCUT2D eigenvalue weighted by molar-refractivity contribution is 7.89. The van der Waals surface area contributed by atoms with Crippen molar-refractivity contribution < 1.29 is 17.9 Å². The summed E-state index contributed by atoms with van der Waals surface area (Å²) in [5.74, 6) is -0.676. The summed E-state index contributed by atoms with van der Waals surface area (Å²) in [7, 11) is -3.81. The highest BCUT2D eigenvalue weighted by Crippen LogP contribution is 2.26. The van der Waals surface area contributed by atoms with Crippen LogP contribution in [0.3, 0.4) is 0 Å². The number of nitrogens with zero attached hydrogens (tertiary/aromatic N) is 2. The molecule has 0 heterocycles. The minimum absolute atomic E-state index is 0.0326. The lowest BCUT2D eigenvalue weighted by Crippen LogP contribution is -2.31. The van der Waals surface area contributed by atoms with Gasteiger partial charge in [0.25, 0.3) is 0 Å². The summed E-state index contributed by atoms with van der Waals surface area (Å²) in [4.78, 5) is 12.2. The van der Waals surface area contributed by atoms with E-state index in [-0.39, 0.29) is 22.1 Å². The summed E-state index contributed by atoms with van der Waals surface area (Å²) in [6.45, 7) is 4.00. The van der Waals surface area contributed by atoms with Crippen molar-refractivity contribution in [3.63, 3.8) is 0 Å². The van der Waals surface area contributed by atoms with Crippen molar-refractivity contribution in [3.8, 4) is 6.07 Å². The first-order chi connectivity index (χ1) is 12.8. The highest BCUT2D eigenvalue weighted by Gasteiger charge is 2.25. The molecule has 0 aliphatic rings. The Bertz CT molecular complexity index is 979. The second kappa shape index (κ2) is 9.00. The van der Waals surface area contributed by atoms with E-state index in [1.165, 1.54) is 22.5 Å². The van der Waals surface area contributed by atoms with Gasteiger partial charge in [0.05, 0.1) is 22.2 Å². The number of carbonyl (C=O) groups excluding carboxylic acids is 1. The van der Waals surface area contributed by atoms with Crippen LogP contribution >= 0.6 is 11.6 Å². The summed E-state index contributed by atoms with van der Waals surface area (Å²) in [6.07, 6.45) is 0. The molecule has 2 aromatic rings. The van der Waals surface area contributed by atoms with Gasteiger partial charge in [0.2, 0.25) is 10.0 Å². The van der Waals surface area contributed by atoms with Gasteiger partial charge in [0.1, 0.15) is 11.5 Å². The van der Waals surface area contributed by atoms with Gasteiger partial charge in [-0.2, -0.15) is 9.57 Å². The van der Waals surface area contributed by atoms with E-state index in [0.717, 1.165) is 0 Å². The van der Waals surface area contributed by atoms with E-state index in [4.69, 9.17) is 21.6 Å². The lowest BCUT2D eigenvalue weighted by Gasteiger charge is -2.19. The van der Waals surface area contributed by atoms with E-state index in [1.807, 2.05) is 6.07 Å². The van der Waals surface area contributed by atoms with Gasteiger partial charge in [0.15, 0.2) is 0 Å². The van der Waals surface area contributed by atoms with Crippen LogP contribution in [-0.4, -0.2) is 31.8 Å². The van der Waals surface area contributed by atoms with Crippen LogP contribution in [0.5, 0.6) is 0 Å². The summed E-state index contributed by atoms with van der Waals surface area (Å²) >= 11 is 6.06. The average Bonchev–Trinajstić information content (AvgIpc) is 2.67. The zero-order valence-electron chi connectivity index (χ0n) is 15.0. The zero-order chi connectivity index (χ0) is 20.0. The molecule has 0 bridgehead atoms. The number of esters is 1. The Balaban J connectivity index is 2.24. The maximum absolute atomic E-state index is 12.7. The second-order valence-corrected chi connectivity index (χ2v) is 7.94. The van der Waals surface area contributed by atoms with Crippen LogP contribution in [0.15, 0.2) is 47.4 Å². The third-order valence-electron chi connectivity index (χ3n) is 3.92. The standard InChI is InChI=1S/C19H19ClN2O4S/c1-3-22(4-2)27(24,25)18-11-16(8-9-17(18)20)19(23)26-13-15-7-5-6-14(10-15)12-21/h5-11H,3-4,13H2,1-2H3. The molecule has 142 valence electrons. The molecule has 0 fully saturated rings. The Morgan fingerprint density at radius 1 is 1.19 bits per heavy atom. The van der Waals surface area contributed by atoms with Crippen LogP contribution in [0, 0.1) is 11.3 Å². The molecule has 0 saturated heterocycles. The number of hydrogen-bond donors (Lipinski definition) is 0. The van der Waals surface area contributed by atoms with Gasteiger partial charge in [-0.1, -0.05) is 37.6 Å². The Hall–Kier alpha value is -2.40. The topological polar surface area (TPSA) is 87.5 Å². The van der Waals surface area contributed by atoms with Gasteiger partial charge in [-0.05, 0) is 35.9 Å². The number of benzene rings is 2. The third-order valence-corrected chi connectivity index (χ3v) is 6.45. The first kappa shape index (κ1) is 20.9. The highest BCUT2D eigenvalue weighted by atomic mass is 35.5. The van der Waals surface area contributed by atoms with E-state index in [2.05, 4.69) is 0 Å². The summed E-state index contributed by atoms with van der Waals surface area (Å²) < 4.78 is 31.9. The fourth-order valence-corrected chi connectivity index (χ4v) is 4.45. The number of carbonyl (C=O) groups is 1. The molecule has 0 radical (unpaired) electrons. The molecular weight excluding hydrogens is 388 g/mol. The molecule has 0 aliphatic heterocycles. The Kier molecular flexibility index (Phi) is 6.97. The molecule has 6 nitrogen and oxygen atoms in total. The average molecular weight is 407 g/mol. The predicted molar refractivity (Wildman–Crippen MR) is 102 cm³/mol. The van der Waals surface area contributed by atoms with Gasteiger partial charge in [0, 0.05) is 13.1 Å². The first-order valence-electron chi connectivity index (χ1n) is 8.29. The summed E-state index contributed by atoms with van der Waals surface area (Å²) in [5, 5.41) is 8.95. The van der Waals surface area contributed by atoms with Crippen LogP contribution < -0.4 is 0 Å². The fourth-order valence-electron chi connectivity index (χ4n) is 2.49. The van der Waals surface area contributed by atoms with Gasteiger partial charge >= 0.3 is 5.97 Å². The maximum atomic E-state index is 12.7. The number of sulfonamides is 1. The lowest BCUT2D eigenvalue weighted by molar-refractivity contribution is 0.0472. The van der Waals surface area contributed by atoms with E-state index in [9.17, 15) is 13.2 Å². The van der Waals surface area contributed by atoms with Crippen molar-refractivity contribution in [2.75, 3.05) is 13.1 Å². The van der Waals surface area contributed by atoms with Crippen molar-refractivity contribution in [2.45, 2.75) is 25.3 Å². The minimum atomic E-state index is -3.81. The molecule has 2 aromatic carbocycles. The van der Waals surface area contributed by atoms with Crippen LogP contribution in [0.2, 0.25) is 5.02 Å². The maximum Gasteiger partial charge on any atom is 0.338 e. The number of hydrogen-bond acceptors (Lipinski definition) is 5. The van der Waals surface area contributed by atoms with Crippen LogP contribution in [0.25, 0.3) is 0 Å². The summed E-state index contributed by atoms with van der Waals surface area (Å²) in [6, 6.07) is 12.7.